The summed E-state index contributed by atoms with van der Waals surface area (Å²) in [5.74, 6) is 0.0960. The van der Waals surface area contributed by atoms with Gasteiger partial charge in [0.1, 0.15) is 6.10 Å². The number of hydrogen-bond donors (Lipinski definition) is 0. The number of hydrogen-bond acceptors (Lipinski definition) is 3. The molecule has 1 spiro atoms. The van der Waals surface area contributed by atoms with Gasteiger partial charge in [0.25, 0.3) is 0 Å². The number of carbonyl (C=O) groups excluding carboxylic acids is 1. The van der Waals surface area contributed by atoms with Crippen LogP contribution in [0.3, 0.4) is 0 Å². The van der Waals surface area contributed by atoms with Crippen LogP contribution in [0.2, 0.25) is 0 Å². The maximum absolute atomic E-state index is 12.7. The van der Waals surface area contributed by atoms with E-state index < -0.39 is 5.60 Å². The van der Waals surface area contributed by atoms with Crippen molar-refractivity contribution in [1.29, 1.82) is 5.26 Å². The number of Topliss-reactive ketones (excluding diaryl/α,β-unsaturated/α-hetero) is 1. The van der Waals surface area contributed by atoms with E-state index in [4.69, 9.17) is 10.00 Å². The van der Waals surface area contributed by atoms with Crippen LogP contribution in [-0.4, -0.2) is 11.4 Å². The van der Waals surface area contributed by atoms with Gasteiger partial charge in [0.2, 0.25) is 0 Å². The van der Waals surface area contributed by atoms with Gasteiger partial charge in [-0.2, -0.15) is 5.26 Å². The van der Waals surface area contributed by atoms with Gasteiger partial charge in [-0.05, 0) is 36.1 Å². The van der Waals surface area contributed by atoms with E-state index in [-0.39, 0.29) is 11.9 Å². The van der Waals surface area contributed by atoms with Crippen molar-refractivity contribution < 1.29 is 9.53 Å². The molecule has 0 unspecified atom stereocenters. The number of aryl methyl sites for hydroxylation is 1. The van der Waals surface area contributed by atoms with Gasteiger partial charge >= 0.3 is 0 Å². The molecule has 0 saturated carbocycles. The molecule has 2 aliphatic rings. The molecule has 0 aromatic heterocycles. The Kier molecular flexibility index (Phi) is 2.51. The number of rotatable bonds is 1. The molecule has 2 aromatic carbocycles. The number of benzene rings is 2. The fourth-order valence-corrected chi connectivity index (χ4v) is 3.23. The van der Waals surface area contributed by atoms with Crippen molar-refractivity contribution in [3.05, 3.63) is 70.8 Å². The summed E-state index contributed by atoms with van der Waals surface area (Å²) in [5, 5.41) is 8.84. The van der Waals surface area contributed by atoms with Crippen LogP contribution in [0.5, 0.6) is 0 Å². The Morgan fingerprint density at radius 2 is 1.90 bits per heavy atom. The van der Waals surface area contributed by atoms with E-state index in [1.807, 2.05) is 36.4 Å². The second-order valence-corrected chi connectivity index (χ2v) is 5.61. The average Bonchev–Trinajstić information content (AvgIpc) is 3.27. The Bertz CT molecular complexity index is 773. The van der Waals surface area contributed by atoms with Crippen LogP contribution in [0.25, 0.3) is 0 Å². The molecule has 1 aliphatic heterocycles. The van der Waals surface area contributed by atoms with Crippen LogP contribution in [0, 0.1) is 11.3 Å². The van der Waals surface area contributed by atoms with Gasteiger partial charge in [0.05, 0.1) is 11.6 Å². The third-order valence-corrected chi connectivity index (χ3v) is 4.45. The lowest BCUT2D eigenvalue weighted by Crippen LogP contribution is -2.31. The van der Waals surface area contributed by atoms with Gasteiger partial charge in [-0.3, -0.25) is 4.79 Å². The summed E-state index contributed by atoms with van der Waals surface area (Å²) in [6.45, 7) is 0. The monoisotopic (exact) mass is 275 g/mol. The van der Waals surface area contributed by atoms with E-state index in [1.54, 1.807) is 12.1 Å². The molecule has 1 fully saturated rings. The van der Waals surface area contributed by atoms with Crippen molar-refractivity contribution in [3.8, 4) is 6.07 Å². The minimum atomic E-state index is -0.678. The molecule has 21 heavy (non-hydrogen) atoms. The first kappa shape index (κ1) is 12.3. The molecule has 4 rings (SSSR count). The van der Waals surface area contributed by atoms with Crippen molar-refractivity contribution in [2.24, 2.45) is 0 Å². The summed E-state index contributed by atoms with van der Waals surface area (Å²) in [7, 11) is 0. The summed E-state index contributed by atoms with van der Waals surface area (Å²) in [4.78, 5) is 12.7. The second kappa shape index (κ2) is 4.28. The van der Waals surface area contributed by atoms with Gasteiger partial charge in [0.15, 0.2) is 11.4 Å². The third-order valence-electron chi connectivity index (χ3n) is 4.45. The van der Waals surface area contributed by atoms with Crippen LogP contribution in [-0.2, 0) is 11.2 Å². The Labute approximate surface area is 122 Å². The van der Waals surface area contributed by atoms with E-state index in [1.165, 1.54) is 0 Å². The molecule has 102 valence electrons. The summed E-state index contributed by atoms with van der Waals surface area (Å²) < 4.78 is 5.84. The predicted octanol–water partition coefficient (Wildman–Crippen LogP) is 3.20. The number of nitriles is 1. The second-order valence-electron chi connectivity index (χ2n) is 5.61. The summed E-state index contributed by atoms with van der Waals surface area (Å²) >= 11 is 0. The van der Waals surface area contributed by atoms with E-state index in [2.05, 4.69) is 6.07 Å². The van der Waals surface area contributed by atoms with Gasteiger partial charge in [0, 0.05) is 5.56 Å². The summed E-state index contributed by atoms with van der Waals surface area (Å²) in [6.07, 6.45) is 1.42. The standard InChI is InChI=1S/C18H13NO2/c19-11-12-5-7-14(8-6-12)17-18(21-17)10-9-13-3-1-2-4-15(13)16(18)20/h1-8,17H,9-10H2/t17-,18-/m1/s1. The lowest BCUT2D eigenvalue weighted by atomic mass is 9.79. The van der Waals surface area contributed by atoms with Gasteiger partial charge in [-0.1, -0.05) is 36.4 Å². The fraction of sp³-hybridized carbons (Fsp3) is 0.222. The molecule has 2 aromatic rings. The summed E-state index contributed by atoms with van der Waals surface area (Å²) in [6, 6.07) is 17.2. The van der Waals surface area contributed by atoms with E-state index in [9.17, 15) is 4.79 Å². The first-order chi connectivity index (χ1) is 10.2. The lowest BCUT2D eigenvalue weighted by Gasteiger charge is -2.20. The SMILES string of the molecule is N#Cc1ccc([C@H]2O[C@@]23CCc2ccccc2C3=O)cc1. The third kappa shape index (κ3) is 1.73. The Morgan fingerprint density at radius 1 is 1.14 bits per heavy atom. The summed E-state index contributed by atoms with van der Waals surface area (Å²) in [5.41, 5.74) is 2.82. The van der Waals surface area contributed by atoms with E-state index >= 15 is 0 Å². The molecule has 0 radical (unpaired) electrons. The number of ether oxygens (including phenoxy) is 1. The molecule has 0 N–H and O–H groups in total. The highest BCUT2D eigenvalue weighted by Crippen LogP contribution is 2.56. The minimum Gasteiger partial charge on any atom is -0.352 e. The van der Waals surface area contributed by atoms with Crippen molar-refractivity contribution in [2.45, 2.75) is 24.5 Å². The zero-order chi connectivity index (χ0) is 14.4. The maximum Gasteiger partial charge on any atom is 0.198 e. The first-order valence-corrected chi connectivity index (χ1v) is 7.05. The molecular weight excluding hydrogens is 262 g/mol. The molecule has 0 amide bonds. The Hall–Kier alpha value is -2.44. The maximum atomic E-state index is 12.7. The molecule has 3 nitrogen and oxygen atoms in total. The van der Waals surface area contributed by atoms with Gasteiger partial charge in [-0.15, -0.1) is 0 Å². The van der Waals surface area contributed by atoms with Gasteiger partial charge in [-0.25, -0.2) is 0 Å². The zero-order valence-corrected chi connectivity index (χ0v) is 11.4. The molecule has 1 saturated heterocycles. The molecule has 2 atom stereocenters. The van der Waals surface area contributed by atoms with Gasteiger partial charge < -0.3 is 4.74 Å². The fourth-order valence-electron chi connectivity index (χ4n) is 3.23. The van der Waals surface area contributed by atoms with Crippen LogP contribution in [0.15, 0.2) is 48.5 Å². The molecule has 1 heterocycles. The van der Waals surface area contributed by atoms with Crippen LogP contribution in [0.1, 0.15) is 39.6 Å². The van der Waals surface area contributed by atoms with Crippen LogP contribution in [0.4, 0.5) is 0 Å². The highest BCUT2D eigenvalue weighted by atomic mass is 16.6. The molecule has 1 aliphatic carbocycles. The minimum absolute atomic E-state index is 0.0960. The highest BCUT2D eigenvalue weighted by Gasteiger charge is 2.63. The quantitative estimate of drug-likeness (QED) is 0.751. The van der Waals surface area contributed by atoms with Crippen molar-refractivity contribution in [1.82, 2.24) is 0 Å². The largest absolute Gasteiger partial charge is 0.352 e. The number of fused-ring (bicyclic) bond motifs is 1. The van der Waals surface area contributed by atoms with Crippen molar-refractivity contribution >= 4 is 5.78 Å². The van der Waals surface area contributed by atoms with Crippen LogP contribution >= 0.6 is 0 Å². The predicted molar refractivity (Wildman–Crippen MR) is 76.8 cm³/mol. The Morgan fingerprint density at radius 3 is 2.67 bits per heavy atom. The Balaban J connectivity index is 1.66. The van der Waals surface area contributed by atoms with Crippen molar-refractivity contribution in [3.63, 3.8) is 0 Å². The van der Waals surface area contributed by atoms with E-state index in [0.29, 0.717) is 5.56 Å². The topological polar surface area (TPSA) is 53.4 Å². The number of nitrogens with zero attached hydrogens (tertiary/aromatic N) is 1. The average molecular weight is 275 g/mol. The van der Waals surface area contributed by atoms with E-state index in [0.717, 1.165) is 29.5 Å². The zero-order valence-electron chi connectivity index (χ0n) is 11.4. The number of epoxide rings is 1. The first-order valence-electron chi connectivity index (χ1n) is 7.05. The number of carbonyl (C=O) groups is 1. The smallest absolute Gasteiger partial charge is 0.198 e. The molecular formula is C18H13NO2. The lowest BCUT2D eigenvalue weighted by molar-refractivity contribution is 0.0850. The highest BCUT2D eigenvalue weighted by molar-refractivity contribution is 6.07. The molecule has 0 bridgehead atoms. The van der Waals surface area contributed by atoms with Crippen LogP contribution < -0.4 is 0 Å². The normalized spacial score (nSPS) is 26.2. The number of ketones is 1. The molecule has 3 heteroatoms. The van der Waals surface area contributed by atoms with Crippen molar-refractivity contribution in [2.75, 3.05) is 0 Å².